The van der Waals surface area contributed by atoms with E-state index in [9.17, 15) is 52.8 Å². The number of nitrogens with zero attached hydrogens (tertiary/aromatic N) is 8. The Hall–Kier alpha value is -6.71. The number of rotatable bonds is 14. The summed E-state index contributed by atoms with van der Waals surface area (Å²) in [7, 11) is -8.85. The fourth-order valence-corrected chi connectivity index (χ4v) is 11.0. The number of aromatic nitrogens is 5. The number of hydrogen-bond donors (Lipinski definition) is 4. The third-order valence-corrected chi connectivity index (χ3v) is 17.0. The van der Waals surface area contributed by atoms with Crippen LogP contribution in [0.25, 0.3) is 22.0 Å². The number of halogens is 11. The summed E-state index contributed by atoms with van der Waals surface area (Å²) in [6.07, 6.45) is -10.5. The Morgan fingerprint density at radius 3 is 2.14 bits per heavy atom. The zero-order chi connectivity index (χ0) is 57.6. The number of benzene rings is 2. The smallest absolute Gasteiger partial charge is 0.370 e. The number of hydrogen-bond acceptors (Lipinski definition) is 11. The molecular formula is C47H47ClF10N12O6S2. The highest BCUT2D eigenvalue weighted by molar-refractivity contribution is 7.93. The highest BCUT2D eigenvalue weighted by Gasteiger charge is 2.69. The summed E-state index contributed by atoms with van der Waals surface area (Å²) in [6, 6.07) is 2.15. The zero-order valence-corrected chi connectivity index (χ0v) is 43.8. The number of alkyl halides is 8. The second-order valence-electron chi connectivity index (χ2n) is 19.6. The van der Waals surface area contributed by atoms with Gasteiger partial charge in [-0.25, -0.2) is 40.1 Å². The van der Waals surface area contributed by atoms with E-state index in [-0.39, 0.29) is 32.7 Å². The number of fused-ring (bicyclic) bond motifs is 4. The van der Waals surface area contributed by atoms with Crippen LogP contribution in [0.5, 0.6) is 0 Å². The summed E-state index contributed by atoms with van der Waals surface area (Å²) in [4.78, 5) is 36.1. The molecule has 0 radical (unpaired) electrons. The summed E-state index contributed by atoms with van der Waals surface area (Å²) in [6.45, 7) is 1.73. The zero-order valence-electron chi connectivity index (χ0n) is 41.4. The van der Waals surface area contributed by atoms with Gasteiger partial charge in [-0.3, -0.25) is 19.8 Å². The minimum Gasteiger partial charge on any atom is -0.370 e. The molecule has 31 heteroatoms. The van der Waals surface area contributed by atoms with Crippen LogP contribution in [0.15, 0.2) is 42.5 Å². The Bertz CT molecular complexity index is 3550. The molecule has 2 aliphatic carbocycles. The van der Waals surface area contributed by atoms with E-state index in [1.165, 1.54) is 13.8 Å². The standard InChI is InChI=1S/C47H47ClF10N12O6S2/c1-44(2,77(3,73)74)10-9-26-5-6-27(35(63-26)30(19-23-17-24(49)20-25(50)18-23)37(40(59)71)69-39-33(38(64-69)47(56,57)58)29-21-31(29)46(39,54)55)28-7-8-32(48)34-36(28)68(22-45(51,52)53)65-41(34)70(78(4,75)76)43(72)62-11-12-66-13-15-67(16-14-66)42(60)61/h5-8,17-18,20,29-31,37H,11-16,19,21-22H2,1-4H3,(H2,59,71)(H3,60,61)(H,62,72)/t29-,30+,31+,37?/m0/s1. The Morgan fingerprint density at radius 1 is 0.949 bits per heavy atom. The quantitative estimate of drug-likeness (QED) is 0.0418. The minimum absolute atomic E-state index is 0.0542. The predicted octanol–water partition coefficient (Wildman–Crippen LogP) is 6.23. The fourth-order valence-electron chi connectivity index (χ4n) is 9.74. The Morgan fingerprint density at radius 2 is 1.58 bits per heavy atom. The molecule has 3 amide bonds. The molecule has 0 spiro atoms. The van der Waals surface area contributed by atoms with Crippen LogP contribution in [0, 0.1) is 34.8 Å². The van der Waals surface area contributed by atoms with Gasteiger partial charge in [-0.1, -0.05) is 23.6 Å². The second-order valence-corrected chi connectivity index (χ2v) is 24.4. The lowest BCUT2D eigenvalue weighted by atomic mass is 9.84. The minimum atomic E-state index is -5.41. The monoisotopic (exact) mass is 1160 g/mol. The number of primary amides is 1. The molecule has 78 heavy (non-hydrogen) atoms. The molecule has 3 aromatic heterocycles. The predicted molar refractivity (Wildman–Crippen MR) is 263 cm³/mol. The van der Waals surface area contributed by atoms with E-state index >= 15 is 17.6 Å². The molecule has 8 rings (SSSR count). The van der Waals surface area contributed by atoms with Gasteiger partial charge in [0.25, 0.3) is 5.92 Å². The number of pyridine rings is 1. The van der Waals surface area contributed by atoms with Crippen molar-refractivity contribution in [2.24, 2.45) is 17.4 Å². The molecule has 2 aromatic carbocycles. The molecule has 3 aliphatic rings. The maximum absolute atomic E-state index is 16.4. The van der Waals surface area contributed by atoms with Crippen LogP contribution in [-0.4, -0.2) is 132 Å². The molecule has 4 atom stereocenters. The van der Waals surface area contributed by atoms with Gasteiger partial charge in [0.1, 0.15) is 40.4 Å². The van der Waals surface area contributed by atoms with Crippen molar-refractivity contribution in [2.45, 2.75) is 74.1 Å². The van der Waals surface area contributed by atoms with Gasteiger partial charge in [-0.05, 0) is 74.4 Å². The number of guanidine groups is 1. The van der Waals surface area contributed by atoms with Crippen LogP contribution in [0.2, 0.25) is 5.02 Å². The van der Waals surface area contributed by atoms with Crippen molar-refractivity contribution >= 4 is 66.1 Å². The van der Waals surface area contributed by atoms with Crippen molar-refractivity contribution in [3.63, 3.8) is 0 Å². The maximum atomic E-state index is 16.4. The first kappa shape index (κ1) is 57.5. The maximum Gasteiger partial charge on any atom is 0.435 e. The Balaban J connectivity index is 1.39. The number of nitrogens with two attached hydrogens (primary N) is 2. The van der Waals surface area contributed by atoms with Gasteiger partial charge in [-0.15, -0.1) is 0 Å². The van der Waals surface area contributed by atoms with Gasteiger partial charge < -0.3 is 21.7 Å². The first-order valence-corrected chi connectivity index (χ1v) is 27.5. The lowest BCUT2D eigenvalue weighted by Gasteiger charge is -2.34. The van der Waals surface area contributed by atoms with Crippen molar-refractivity contribution < 1.29 is 70.3 Å². The van der Waals surface area contributed by atoms with Gasteiger partial charge >= 0.3 is 18.4 Å². The lowest BCUT2D eigenvalue weighted by molar-refractivity contribution is -0.143. The summed E-state index contributed by atoms with van der Waals surface area (Å²) >= 11 is 6.73. The third kappa shape index (κ3) is 11.3. The topological polar surface area (TPSA) is 249 Å². The van der Waals surface area contributed by atoms with Gasteiger partial charge in [0.2, 0.25) is 15.9 Å². The van der Waals surface area contributed by atoms with Crippen molar-refractivity contribution in [2.75, 3.05) is 56.1 Å². The SMILES string of the molecule is CC(C)(C#Cc1ccc(-c2ccc(Cl)c3c(N(C(=O)NCCN4CCN(C(=N)N)CC4)S(C)(=O)=O)nn(CC(F)(F)F)c23)c([C@@H](Cc2cc(F)cc(F)c2)C(C(N)=O)n2nc(C(F)(F)F)c3c2C(F)(F)[C@@H]2C[C@H]32)n1)S(C)(=O)=O. The molecule has 1 saturated heterocycles. The Kier molecular flexibility index (Phi) is 14.9. The Labute approximate surface area is 443 Å². The van der Waals surface area contributed by atoms with Gasteiger partial charge in [0, 0.05) is 80.1 Å². The van der Waals surface area contributed by atoms with Crippen LogP contribution in [0.3, 0.4) is 0 Å². The van der Waals surface area contributed by atoms with E-state index in [2.05, 4.69) is 32.3 Å². The molecule has 18 nitrogen and oxygen atoms in total. The van der Waals surface area contributed by atoms with E-state index in [1.54, 1.807) is 4.90 Å². The number of sulfone groups is 1. The highest BCUT2D eigenvalue weighted by atomic mass is 35.5. The number of piperazine rings is 1. The normalized spacial score (nSPS) is 18.4. The van der Waals surface area contributed by atoms with Crippen molar-refractivity contribution in [3.05, 3.63) is 93.0 Å². The van der Waals surface area contributed by atoms with E-state index in [4.69, 9.17) is 28.5 Å². The highest BCUT2D eigenvalue weighted by Crippen LogP contribution is 2.69. The molecule has 1 saturated carbocycles. The fraction of sp³-hybridized carbons (Fsp3) is 0.447. The van der Waals surface area contributed by atoms with Crippen molar-refractivity contribution in [3.8, 4) is 23.0 Å². The average molecular weight is 1170 g/mol. The molecule has 1 aliphatic heterocycles. The average Bonchev–Trinajstić information content (AvgIpc) is 4.01. The molecule has 2 fully saturated rings. The summed E-state index contributed by atoms with van der Waals surface area (Å²) in [5.74, 6) is -9.49. The first-order chi connectivity index (χ1) is 36.0. The van der Waals surface area contributed by atoms with Gasteiger partial charge in [0.05, 0.1) is 27.9 Å². The lowest BCUT2D eigenvalue weighted by Crippen LogP contribution is -2.52. The van der Waals surface area contributed by atoms with Crippen LogP contribution in [-0.2, 0) is 49.7 Å². The van der Waals surface area contributed by atoms with E-state index < -0.39 is 176 Å². The number of sulfonamides is 1. The van der Waals surface area contributed by atoms with Crippen molar-refractivity contribution in [1.29, 1.82) is 5.41 Å². The number of anilines is 1. The molecule has 6 N–H and O–H groups in total. The van der Waals surface area contributed by atoms with Gasteiger partial charge in [-0.2, -0.15) is 49.6 Å². The number of urea groups is 1. The van der Waals surface area contributed by atoms with Crippen LogP contribution in [0.1, 0.15) is 72.0 Å². The molecule has 5 aromatic rings. The number of amides is 3. The summed E-state index contributed by atoms with van der Waals surface area (Å²) in [5, 5.41) is 16.4. The van der Waals surface area contributed by atoms with Crippen LogP contribution < -0.4 is 21.1 Å². The van der Waals surface area contributed by atoms with E-state index in [0.29, 0.717) is 38.5 Å². The second kappa shape index (κ2) is 20.2. The van der Waals surface area contributed by atoms with Crippen molar-refractivity contribution in [1.82, 2.24) is 39.7 Å². The largest absolute Gasteiger partial charge is 0.435 e. The van der Waals surface area contributed by atoms with E-state index in [1.807, 2.05) is 4.90 Å². The molecule has 0 bridgehead atoms. The summed E-state index contributed by atoms with van der Waals surface area (Å²) < 4.78 is 203. The van der Waals surface area contributed by atoms with Crippen LogP contribution >= 0.6 is 11.6 Å². The summed E-state index contributed by atoms with van der Waals surface area (Å²) in [5.41, 5.74) is 4.33. The number of carbonyl (C=O) groups excluding carboxylic acids is 2. The molecule has 4 heterocycles. The first-order valence-electron chi connectivity index (χ1n) is 23.4. The number of carbonyl (C=O) groups is 2. The third-order valence-electron chi connectivity index (χ3n) is 13.7. The molecular weight excluding hydrogens is 1120 g/mol. The molecule has 420 valence electrons. The van der Waals surface area contributed by atoms with Gasteiger partial charge in [0.15, 0.2) is 27.3 Å². The van der Waals surface area contributed by atoms with E-state index in [0.717, 1.165) is 42.7 Å². The number of nitrogens with one attached hydrogen (secondary N) is 2. The van der Waals surface area contributed by atoms with Crippen LogP contribution in [0.4, 0.5) is 54.5 Å². The molecule has 1 unspecified atom stereocenters.